The van der Waals surface area contributed by atoms with E-state index in [4.69, 9.17) is 23.2 Å². The molecule has 0 bridgehead atoms. The first-order chi connectivity index (χ1) is 4.15. The van der Waals surface area contributed by atoms with Crippen LogP contribution in [0.1, 0.15) is 6.92 Å². The van der Waals surface area contributed by atoms with E-state index >= 15 is 0 Å². The zero-order valence-electron chi connectivity index (χ0n) is 4.85. The van der Waals surface area contributed by atoms with Crippen molar-refractivity contribution in [2.45, 2.75) is 23.6 Å². The van der Waals surface area contributed by atoms with Crippen LogP contribution < -0.4 is 0 Å². The third kappa shape index (κ3) is 2.92. The number of halogens is 6. The molecular formula is C4H4Cl2F4. The fraction of sp³-hybridized carbons (Fsp3) is 1.00. The van der Waals surface area contributed by atoms with Crippen molar-refractivity contribution in [3.8, 4) is 0 Å². The lowest BCUT2D eigenvalue weighted by Crippen LogP contribution is -2.37. The van der Waals surface area contributed by atoms with Gasteiger partial charge < -0.3 is 0 Å². The van der Waals surface area contributed by atoms with E-state index in [1.165, 1.54) is 0 Å². The highest BCUT2D eigenvalue weighted by Crippen LogP contribution is 2.37. The van der Waals surface area contributed by atoms with Crippen molar-refractivity contribution in [3.63, 3.8) is 0 Å². The molecule has 0 saturated heterocycles. The summed E-state index contributed by atoms with van der Waals surface area (Å²) in [4.78, 5) is 0. The summed E-state index contributed by atoms with van der Waals surface area (Å²) in [6.45, 7) is 0.744. The molecule has 0 fully saturated rings. The first kappa shape index (κ1) is 10.3. The minimum absolute atomic E-state index is 0.744. The van der Waals surface area contributed by atoms with Gasteiger partial charge in [-0.25, -0.2) is 4.39 Å². The van der Waals surface area contributed by atoms with Crippen molar-refractivity contribution in [1.29, 1.82) is 0 Å². The van der Waals surface area contributed by atoms with E-state index in [-0.39, 0.29) is 0 Å². The van der Waals surface area contributed by atoms with Gasteiger partial charge in [0.15, 0.2) is 4.33 Å². The standard InChI is InChI=1S/C4H4Cl2F4/c1-3(5,6)2(7)4(8,9)10/h2H,1H3. The summed E-state index contributed by atoms with van der Waals surface area (Å²) in [6.07, 6.45) is -8.19. The Morgan fingerprint density at radius 2 is 1.50 bits per heavy atom. The summed E-state index contributed by atoms with van der Waals surface area (Å²) in [5.41, 5.74) is 0. The Kier molecular flexibility index (Phi) is 2.82. The normalized spacial score (nSPS) is 17.1. The molecule has 0 aliphatic rings. The molecule has 0 aliphatic carbocycles. The van der Waals surface area contributed by atoms with Crippen LogP contribution in [0.3, 0.4) is 0 Å². The Bertz CT molecular complexity index is 99.4. The van der Waals surface area contributed by atoms with Gasteiger partial charge in [-0.2, -0.15) is 13.2 Å². The zero-order chi connectivity index (χ0) is 8.58. The highest BCUT2D eigenvalue weighted by molar-refractivity contribution is 6.48. The van der Waals surface area contributed by atoms with Gasteiger partial charge in [0.05, 0.1) is 0 Å². The van der Waals surface area contributed by atoms with Gasteiger partial charge in [-0.05, 0) is 6.92 Å². The molecule has 0 aliphatic heterocycles. The van der Waals surface area contributed by atoms with Crippen molar-refractivity contribution in [2.75, 3.05) is 0 Å². The molecule has 62 valence electrons. The third-order valence-corrected chi connectivity index (χ3v) is 1.12. The lowest BCUT2D eigenvalue weighted by atomic mass is 10.3. The summed E-state index contributed by atoms with van der Waals surface area (Å²) >= 11 is 9.68. The minimum atomic E-state index is -4.99. The van der Waals surface area contributed by atoms with Crippen LogP contribution in [-0.4, -0.2) is 16.7 Å². The van der Waals surface area contributed by atoms with Crippen molar-refractivity contribution in [2.24, 2.45) is 0 Å². The van der Waals surface area contributed by atoms with E-state index in [9.17, 15) is 17.6 Å². The number of hydrogen-bond acceptors (Lipinski definition) is 0. The predicted molar refractivity (Wildman–Crippen MR) is 31.1 cm³/mol. The molecule has 0 rings (SSSR count). The van der Waals surface area contributed by atoms with E-state index in [0.717, 1.165) is 6.92 Å². The molecule has 1 atom stereocenters. The summed E-state index contributed by atoms with van der Waals surface area (Å²) in [5.74, 6) is 0. The molecule has 0 nitrogen and oxygen atoms in total. The summed E-state index contributed by atoms with van der Waals surface area (Å²) in [7, 11) is 0. The van der Waals surface area contributed by atoms with Gasteiger partial charge in [0.2, 0.25) is 6.17 Å². The minimum Gasteiger partial charge on any atom is -0.234 e. The molecule has 10 heavy (non-hydrogen) atoms. The SMILES string of the molecule is CC(Cl)(Cl)C(F)C(F)(F)F. The molecule has 0 N–H and O–H groups in total. The van der Waals surface area contributed by atoms with E-state index in [0.29, 0.717) is 0 Å². The van der Waals surface area contributed by atoms with E-state index < -0.39 is 16.7 Å². The molecule has 0 aromatic heterocycles. The summed E-state index contributed by atoms with van der Waals surface area (Å²) < 4.78 is 43.8. The Hall–Kier alpha value is 0.300. The van der Waals surface area contributed by atoms with Gasteiger partial charge in [-0.1, -0.05) is 23.2 Å². The van der Waals surface area contributed by atoms with Gasteiger partial charge in [0.25, 0.3) is 0 Å². The van der Waals surface area contributed by atoms with Crippen LogP contribution in [0.25, 0.3) is 0 Å². The topological polar surface area (TPSA) is 0 Å². The fourth-order valence-electron chi connectivity index (χ4n) is 0.287. The van der Waals surface area contributed by atoms with Crippen LogP contribution in [0, 0.1) is 0 Å². The number of rotatable bonds is 1. The lowest BCUT2D eigenvalue weighted by molar-refractivity contribution is -0.182. The Morgan fingerprint density at radius 1 is 1.20 bits per heavy atom. The highest BCUT2D eigenvalue weighted by Gasteiger charge is 2.50. The monoisotopic (exact) mass is 198 g/mol. The van der Waals surface area contributed by atoms with Crippen molar-refractivity contribution >= 4 is 23.2 Å². The molecule has 0 heterocycles. The number of alkyl halides is 6. The predicted octanol–water partition coefficient (Wildman–Crippen LogP) is 3.08. The van der Waals surface area contributed by atoms with Crippen LogP contribution in [-0.2, 0) is 0 Å². The summed E-state index contributed by atoms with van der Waals surface area (Å²) in [6, 6.07) is 0. The van der Waals surface area contributed by atoms with E-state index in [2.05, 4.69) is 0 Å². The van der Waals surface area contributed by atoms with Gasteiger partial charge in [0, 0.05) is 0 Å². The Morgan fingerprint density at radius 3 is 1.50 bits per heavy atom. The fourth-order valence-corrected chi connectivity index (χ4v) is 0.535. The highest BCUT2D eigenvalue weighted by atomic mass is 35.5. The molecule has 0 aromatic rings. The molecule has 0 aromatic carbocycles. The van der Waals surface area contributed by atoms with Gasteiger partial charge in [0.1, 0.15) is 0 Å². The third-order valence-electron chi connectivity index (χ3n) is 0.732. The molecule has 1 unspecified atom stereocenters. The Labute approximate surface area is 65.1 Å². The van der Waals surface area contributed by atoms with Crippen LogP contribution in [0.2, 0.25) is 0 Å². The van der Waals surface area contributed by atoms with Gasteiger partial charge >= 0.3 is 6.18 Å². The maximum atomic E-state index is 12.0. The molecular weight excluding hydrogens is 195 g/mol. The van der Waals surface area contributed by atoms with Crippen molar-refractivity contribution < 1.29 is 17.6 Å². The Balaban J connectivity index is 4.23. The quantitative estimate of drug-likeness (QED) is 0.449. The first-order valence-electron chi connectivity index (χ1n) is 2.24. The molecule has 6 heteroatoms. The van der Waals surface area contributed by atoms with Crippen molar-refractivity contribution in [1.82, 2.24) is 0 Å². The largest absolute Gasteiger partial charge is 0.422 e. The van der Waals surface area contributed by atoms with E-state index in [1.807, 2.05) is 0 Å². The average Bonchev–Trinajstić information content (AvgIpc) is 1.59. The second-order valence-corrected chi connectivity index (χ2v) is 3.62. The second-order valence-electron chi connectivity index (χ2n) is 1.86. The van der Waals surface area contributed by atoms with Crippen LogP contribution in [0.4, 0.5) is 17.6 Å². The second kappa shape index (κ2) is 2.74. The van der Waals surface area contributed by atoms with Crippen molar-refractivity contribution in [3.05, 3.63) is 0 Å². The molecule has 0 amide bonds. The molecule has 0 spiro atoms. The lowest BCUT2D eigenvalue weighted by Gasteiger charge is -2.20. The number of hydrogen-bond donors (Lipinski definition) is 0. The first-order valence-corrected chi connectivity index (χ1v) is 3.00. The van der Waals surface area contributed by atoms with Crippen LogP contribution >= 0.6 is 23.2 Å². The molecule has 0 saturated carbocycles. The van der Waals surface area contributed by atoms with Crippen LogP contribution in [0.5, 0.6) is 0 Å². The average molecular weight is 199 g/mol. The molecule has 0 radical (unpaired) electrons. The maximum Gasteiger partial charge on any atom is 0.422 e. The zero-order valence-corrected chi connectivity index (χ0v) is 6.36. The summed E-state index contributed by atoms with van der Waals surface area (Å²) in [5, 5.41) is 0. The van der Waals surface area contributed by atoms with Gasteiger partial charge in [-0.3, -0.25) is 0 Å². The van der Waals surface area contributed by atoms with Crippen LogP contribution in [0.15, 0.2) is 0 Å². The van der Waals surface area contributed by atoms with E-state index in [1.54, 1.807) is 0 Å². The smallest absolute Gasteiger partial charge is 0.234 e. The maximum absolute atomic E-state index is 12.0. The van der Waals surface area contributed by atoms with Gasteiger partial charge in [-0.15, -0.1) is 0 Å².